The van der Waals surface area contributed by atoms with Crippen molar-refractivity contribution < 1.29 is 4.52 Å². The lowest BCUT2D eigenvalue weighted by Gasteiger charge is -1.89. The largest absolute Gasteiger partial charge is 0.333 e. The maximum absolute atomic E-state index is 6.09. The Morgan fingerprint density at radius 1 is 1.60 bits per heavy atom. The van der Waals surface area contributed by atoms with Crippen molar-refractivity contribution >= 4 is 22.9 Å². The van der Waals surface area contributed by atoms with E-state index < -0.39 is 0 Å². The molecular formula is C9H10ClN3OS. The van der Waals surface area contributed by atoms with Crippen molar-refractivity contribution in [3.05, 3.63) is 21.8 Å². The summed E-state index contributed by atoms with van der Waals surface area (Å²) in [5.74, 6) is 1.09. The highest BCUT2D eigenvalue weighted by atomic mass is 35.5. The Kier molecular flexibility index (Phi) is 3.04. The molecule has 2 aromatic rings. The number of hydrogen-bond acceptors (Lipinski definition) is 5. The van der Waals surface area contributed by atoms with Crippen LogP contribution in [0.5, 0.6) is 0 Å². The molecular weight excluding hydrogens is 234 g/mol. The molecule has 0 saturated heterocycles. The van der Waals surface area contributed by atoms with Crippen LogP contribution in [0.25, 0.3) is 10.8 Å². The van der Waals surface area contributed by atoms with Crippen LogP contribution in [0.3, 0.4) is 0 Å². The van der Waals surface area contributed by atoms with Gasteiger partial charge >= 0.3 is 0 Å². The summed E-state index contributed by atoms with van der Waals surface area (Å²) in [6, 6.07) is 0. The number of aryl methyl sites for hydroxylation is 1. The topological polar surface area (TPSA) is 64.9 Å². The summed E-state index contributed by atoms with van der Waals surface area (Å²) in [6.45, 7) is 2.45. The summed E-state index contributed by atoms with van der Waals surface area (Å²) in [6.07, 6.45) is 0.617. The van der Waals surface area contributed by atoms with E-state index in [1.54, 1.807) is 0 Å². The molecule has 0 saturated carbocycles. The quantitative estimate of drug-likeness (QED) is 0.898. The Hall–Kier alpha value is -0.910. The lowest BCUT2D eigenvalue weighted by atomic mass is 10.3. The number of aromatic nitrogens is 2. The molecule has 0 aliphatic heterocycles. The molecule has 0 spiro atoms. The van der Waals surface area contributed by atoms with E-state index in [1.165, 1.54) is 11.3 Å². The molecule has 0 fully saturated rings. The van der Waals surface area contributed by atoms with Crippen molar-refractivity contribution in [2.24, 2.45) is 5.73 Å². The third kappa shape index (κ3) is 2.04. The van der Waals surface area contributed by atoms with Crippen LogP contribution in [-0.4, -0.2) is 16.7 Å². The van der Waals surface area contributed by atoms with Crippen molar-refractivity contribution in [1.29, 1.82) is 0 Å². The summed E-state index contributed by atoms with van der Waals surface area (Å²) in [5.41, 5.74) is 6.42. The normalized spacial score (nSPS) is 10.9. The van der Waals surface area contributed by atoms with Gasteiger partial charge in [0.25, 0.3) is 5.89 Å². The average molecular weight is 244 g/mol. The minimum absolute atomic E-state index is 0.474. The van der Waals surface area contributed by atoms with Gasteiger partial charge in [-0.1, -0.05) is 16.8 Å². The number of hydrogen-bond donors (Lipinski definition) is 1. The van der Waals surface area contributed by atoms with Crippen LogP contribution in [0.1, 0.15) is 11.4 Å². The lowest BCUT2D eigenvalue weighted by Crippen LogP contribution is -2.03. The highest BCUT2D eigenvalue weighted by Crippen LogP contribution is 2.35. The van der Waals surface area contributed by atoms with Crippen LogP contribution >= 0.6 is 22.9 Å². The molecule has 0 amide bonds. The van der Waals surface area contributed by atoms with Crippen LogP contribution < -0.4 is 5.73 Å². The van der Waals surface area contributed by atoms with Gasteiger partial charge in [0.1, 0.15) is 4.88 Å². The smallest absolute Gasteiger partial charge is 0.269 e. The Labute approximate surface area is 96.1 Å². The third-order valence-corrected chi connectivity index (χ3v) is 3.61. The van der Waals surface area contributed by atoms with Gasteiger partial charge in [-0.25, -0.2) is 0 Å². The molecule has 2 heterocycles. The van der Waals surface area contributed by atoms with Crippen molar-refractivity contribution in [1.82, 2.24) is 10.1 Å². The predicted molar refractivity (Wildman–Crippen MR) is 60.1 cm³/mol. The van der Waals surface area contributed by atoms with Gasteiger partial charge in [-0.2, -0.15) is 4.98 Å². The minimum Gasteiger partial charge on any atom is -0.333 e. The van der Waals surface area contributed by atoms with Crippen LogP contribution in [0, 0.1) is 6.92 Å². The molecule has 0 radical (unpaired) electrons. The molecule has 15 heavy (non-hydrogen) atoms. The van der Waals surface area contributed by atoms with Gasteiger partial charge in [0.2, 0.25) is 0 Å². The van der Waals surface area contributed by atoms with E-state index in [0.717, 1.165) is 10.4 Å². The van der Waals surface area contributed by atoms with Crippen molar-refractivity contribution in [2.45, 2.75) is 13.3 Å². The van der Waals surface area contributed by atoms with Crippen LogP contribution in [0.4, 0.5) is 0 Å². The molecule has 6 heteroatoms. The zero-order chi connectivity index (χ0) is 10.8. The van der Waals surface area contributed by atoms with Gasteiger partial charge in [0.05, 0.1) is 5.02 Å². The number of halogens is 1. The van der Waals surface area contributed by atoms with E-state index in [9.17, 15) is 0 Å². The van der Waals surface area contributed by atoms with E-state index in [0.29, 0.717) is 29.7 Å². The molecule has 2 rings (SSSR count). The van der Waals surface area contributed by atoms with Gasteiger partial charge < -0.3 is 10.3 Å². The SMILES string of the molecule is Cc1csc(-c2nc(CCN)no2)c1Cl. The van der Waals surface area contributed by atoms with Crippen molar-refractivity contribution in [3.8, 4) is 10.8 Å². The molecule has 0 aliphatic rings. The second kappa shape index (κ2) is 4.30. The summed E-state index contributed by atoms with van der Waals surface area (Å²) in [7, 11) is 0. The average Bonchev–Trinajstić information content (AvgIpc) is 2.77. The highest BCUT2D eigenvalue weighted by molar-refractivity contribution is 7.14. The molecule has 80 valence electrons. The van der Waals surface area contributed by atoms with Crippen LogP contribution in [0.2, 0.25) is 5.02 Å². The second-order valence-electron chi connectivity index (χ2n) is 3.12. The summed E-state index contributed by atoms with van der Waals surface area (Å²) < 4.78 is 5.11. The van der Waals surface area contributed by atoms with E-state index in [1.807, 2.05) is 12.3 Å². The molecule has 0 aromatic carbocycles. The highest BCUT2D eigenvalue weighted by Gasteiger charge is 2.15. The number of nitrogens with two attached hydrogens (primary N) is 1. The fourth-order valence-electron chi connectivity index (χ4n) is 1.15. The lowest BCUT2D eigenvalue weighted by molar-refractivity contribution is 0.423. The number of thiophene rings is 1. The zero-order valence-electron chi connectivity index (χ0n) is 8.16. The first-order chi connectivity index (χ1) is 7.22. The van der Waals surface area contributed by atoms with Gasteiger partial charge in [0, 0.05) is 6.42 Å². The molecule has 0 unspecified atom stereocenters. The van der Waals surface area contributed by atoms with Gasteiger partial charge in [0.15, 0.2) is 5.82 Å². The Morgan fingerprint density at radius 2 is 2.40 bits per heavy atom. The Morgan fingerprint density at radius 3 is 3.00 bits per heavy atom. The standard InChI is InChI=1S/C9H10ClN3OS/c1-5-4-15-8(7(5)10)9-12-6(2-3-11)13-14-9/h4H,2-3,11H2,1H3. The summed E-state index contributed by atoms with van der Waals surface area (Å²) >= 11 is 7.59. The molecule has 0 bridgehead atoms. The van der Waals surface area contributed by atoms with E-state index in [4.69, 9.17) is 21.9 Å². The maximum Gasteiger partial charge on any atom is 0.269 e. The molecule has 2 N–H and O–H groups in total. The van der Waals surface area contributed by atoms with Crippen LogP contribution in [-0.2, 0) is 6.42 Å². The minimum atomic E-state index is 0.474. The fraction of sp³-hybridized carbons (Fsp3) is 0.333. The monoisotopic (exact) mass is 243 g/mol. The van der Waals surface area contributed by atoms with Crippen molar-refractivity contribution in [3.63, 3.8) is 0 Å². The molecule has 4 nitrogen and oxygen atoms in total. The van der Waals surface area contributed by atoms with Crippen molar-refractivity contribution in [2.75, 3.05) is 6.54 Å². The van der Waals surface area contributed by atoms with E-state index in [-0.39, 0.29) is 0 Å². The maximum atomic E-state index is 6.09. The second-order valence-corrected chi connectivity index (χ2v) is 4.37. The van der Waals surface area contributed by atoms with E-state index in [2.05, 4.69) is 10.1 Å². The molecule has 0 atom stereocenters. The first-order valence-electron chi connectivity index (χ1n) is 4.49. The van der Waals surface area contributed by atoms with E-state index >= 15 is 0 Å². The third-order valence-electron chi connectivity index (χ3n) is 1.93. The first-order valence-corrected chi connectivity index (χ1v) is 5.74. The first kappa shape index (κ1) is 10.6. The van der Waals surface area contributed by atoms with Crippen LogP contribution in [0.15, 0.2) is 9.90 Å². The zero-order valence-corrected chi connectivity index (χ0v) is 9.73. The molecule has 2 aromatic heterocycles. The van der Waals surface area contributed by atoms with Gasteiger partial charge in [-0.15, -0.1) is 11.3 Å². The summed E-state index contributed by atoms with van der Waals surface area (Å²) in [4.78, 5) is 5.04. The predicted octanol–water partition coefficient (Wildman–Crippen LogP) is 2.26. The van der Waals surface area contributed by atoms with Gasteiger partial charge in [-0.05, 0) is 24.4 Å². The summed E-state index contributed by atoms with van der Waals surface area (Å²) in [5, 5.41) is 6.46. The Bertz CT molecular complexity index is 466. The Balaban J connectivity index is 2.33. The fourth-order valence-corrected chi connectivity index (χ4v) is 2.35. The molecule has 0 aliphatic carbocycles. The van der Waals surface area contributed by atoms with Gasteiger partial charge in [-0.3, -0.25) is 0 Å². The number of nitrogens with zero attached hydrogens (tertiary/aromatic N) is 2. The number of rotatable bonds is 3.